The molecular weight excluding hydrogens is 312 g/mol. The summed E-state index contributed by atoms with van der Waals surface area (Å²) in [6, 6.07) is 6.61. The summed E-state index contributed by atoms with van der Waals surface area (Å²) in [4.78, 5) is 38.7. The van der Waals surface area contributed by atoms with E-state index in [2.05, 4.69) is 5.32 Å². The minimum Gasteiger partial charge on any atom is -0.450 e. The van der Waals surface area contributed by atoms with Crippen molar-refractivity contribution in [3.8, 4) is 0 Å². The fraction of sp³-hybridized carbons (Fsp3) is 0.438. The van der Waals surface area contributed by atoms with Gasteiger partial charge in [-0.05, 0) is 19.1 Å². The van der Waals surface area contributed by atoms with Crippen molar-refractivity contribution in [2.24, 2.45) is 5.73 Å². The lowest BCUT2D eigenvalue weighted by molar-refractivity contribution is -0.117. The summed E-state index contributed by atoms with van der Waals surface area (Å²) >= 11 is 0. The van der Waals surface area contributed by atoms with Crippen molar-refractivity contribution in [2.45, 2.75) is 6.92 Å². The molecule has 1 heterocycles. The van der Waals surface area contributed by atoms with Crippen molar-refractivity contribution in [1.29, 1.82) is 0 Å². The zero-order chi connectivity index (χ0) is 17.5. The number of piperazine rings is 1. The van der Waals surface area contributed by atoms with E-state index >= 15 is 0 Å². The molecule has 0 aliphatic carbocycles. The molecule has 0 saturated carbocycles. The third kappa shape index (κ3) is 4.69. The largest absolute Gasteiger partial charge is 0.450 e. The maximum atomic E-state index is 12.2. The van der Waals surface area contributed by atoms with E-state index in [0.717, 1.165) is 0 Å². The second-order valence-corrected chi connectivity index (χ2v) is 5.42. The number of hydrogen-bond donors (Lipinski definition) is 2. The van der Waals surface area contributed by atoms with E-state index in [1.165, 1.54) is 0 Å². The van der Waals surface area contributed by atoms with Crippen molar-refractivity contribution >= 4 is 23.6 Å². The van der Waals surface area contributed by atoms with Gasteiger partial charge in [0.15, 0.2) is 0 Å². The third-order valence-corrected chi connectivity index (χ3v) is 3.73. The molecule has 0 radical (unpaired) electrons. The number of rotatable bonds is 5. The van der Waals surface area contributed by atoms with Crippen LogP contribution in [0.5, 0.6) is 0 Å². The van der Waals surface area contributed by atoms with Gasteiger partial charge in [0.1, 0.15) is 0 Å². The van der Waals surface area contributed by atoms with E-state index < -0.39 is 5.91 Å². The van der Waals surface area contributed by atoms with Crippen LogP contribution in [0.3, 0.4) is 0 Å². The molecule has 24 heavy (non-hydrogen) atoms. The second kappa shape index (κ2) is 8.30. The lowest BCUT2D eigenvalue weighted by atomic mass is 10.1. The molecular formula is C16H22N4O4. The van der Waals surface area contributed by atoms with Crippen LogP contribution in [0, 0.1) is 0 Å². The number of primary amides is 1. The molecule has 1 saturated heterocycles. The third-order valence-electron chi connectivity index (χ3n) is 3.73. The first kappa shape index (κ1) is 17.7. The van der Waals surface area contributed by atoms with Crippen molar-refractivity contribution in [1.82, 2.24) is 9.80 Å². The molecule has 3 amide bonds. The Bertz CT molecular complexity index is 612. The van der Waals surface area contributed by atoms with Gasteiger partial charge in [-0.25, -0.2) is 4.79 Å². The first-order chi connectivity index (χ1) is 11.5. The van der Waals surface area contributed by atoms with Crippen LogP contribution in [-0.2, 0) is 9.53 Å². The maximum absolute atomic E-state index is 12.2. The van der Waals surface area contributed by atoms with E-state index in [1.54, 1.807) is 36.1 Å². The number of nitrogens with two attached hydrogens (primary N) is 1. The number of carbonyl (C=O) groups is 3. The van der Waals surface area contributed by atoms with Crippen LogP contribution < -0.4 is 11.1 Å². The molecule has 0 aromatic heterocycles. The molecule has 8 nitrogen and oxygen atoms in total. The van der Waals surface area contributed by atoms with Gasteiger partial charge >= 0.3 is 6.09 Å². The summed E-state index contributed by atoms with van der Waals surface area (Å²) in [5.41, 5.74) is 5.97. The van der Waals surface area contributed by atoms with Gasteiger partial charge in [-0.15, -0.1) is 0 Å². The molecule has 0 atom stereocenters. The number of benzene rings is 1. The van der Waals surface area contributed by atoms with Gasteiger partial charge in [0.2, 0.25) is 5.91 Å². The van der Waals surface area contributed by atoms with E-state index in [-0.39, 0.29) is 24.1 Å². The van der Waals surface area contributed by atoms with Crippen LogP contribution in [-0.4, -0.2) is 67.0 Å². The number of para-hydroxylation sites is 1. The van der Waals surface area contributed by atoms with Gasteiger partial charge in [-0.2, -0.15) is 0 Å². The lowest BCUT2D eigenvalue weighted by Crippen LogP contribution is -2.50. The molecule has 1 aromatic carbocycles. The topological polar surface area (TPSA) is 105 Å². The van der Waals surface area contributed by atoms with Crippen LogP contribution in [0.1, 0.15) is 17.3 Å². The Hall–Kier alpha value is -2.61. The van der Waals surface area contributed by atoms with Crippen molar-refractivity contribution in [3.63, 3.8) is 0 Å². The Morgan fingerprint density at radius 1 is 1.17 bits per heavy atom. The summed E-state index contributed by atoms with van der Waals surface area (Å²) in [5, 5.41) is 2.71. The number of nitrogens with zero attached hydrogens (tertiary/aromatic N) is 2. The smallest absolute Gasteiger partial charge is 0.409 e. The van der Waals surface area contributed by atoms with Gasteiger partial charge in [0.25, 0.3) is 5.91 Å². The van der Waals surface area contributed by atoms with Crippen molar-refractivity contribution in [2.75, 3.05) is 44.6 Å². The van der Waals surface area contributed by atoms with Crippen LogP contribution in [0.25, 0.3) is 0 Å². The number of nitrogens with one attached hydrogen (secondary N) is 1. The first-order valence-electron chi connectivity index (χ1n) is 7.84. The summed E-state index contributed by atoms with van der Waals surface area (Å²) in [6.45, 7) is 4.51. The van der Waals surface area contributed by atoms with Crippen molar-refractivity contribution in [3.05, 3.63) is 29.8 Å². The van der Waals surface area contributed by atoms with Gasteiger partial charge in [0, 0.05) is 26.2 Å². The molecule has 1 aromatic rings. The molecule has 0 bridgehead atoms. The number of ether oxygens (including phenoxy) is 1. The minimum absolute atomic E-state index is 0.184. The molecule has 0 unspecified atom stereocenters. The minimum atomic E-state index is -0.589. The average Bonchev–Trinajstić information content (AvgIpc) is 2.56. The van der Waals surface area contributed by atoms with Crippen LogP contribution >= 0.6 is 0 Å². The molecule has 0 spiro atoms. The van der Waals surface area contributed by atoms with E-state index in [0.29, 0.717) is 38.5 Å². The Labute approximate surface area is 140 Å². The highest BCUT2D eigenvalue weighted by Crippen LogP contribution is 2.14. The van der Waals surface area contributed by atoms with Gasteiger partial charge < -0.3 is 20.7 Å². The van der Waals surface area contributed by atoms with Gasteiger partial charge in [0.05, 0.1) is 24.4 Å². The van der Waals surface area contributed by atoms with E-state index in [1.807, 2.05) is 4.90 Å². The van der Waals surface area contributed by atoms with E-state index in [4.69, 9.17) is 10.5 Å². The summed E-state index contributed by atoms with van der Waals surface area (Å²) < 4.78 is 4.96. The van der Waals surface area contributed by atoms with Crippen LogP contribution in [0.4, 0.5) is 10.5 Å². The monoisotopic (exact) mass is 334 g/mol. The SMILES string of the molecule is CCOC(=O)N1CCN(CC(=O)Nc2ccccc2C(N)=O)CC1. The average molecular weight is 334 g/mol. The zero-order valence-electron chi connectivity index (χ0n) is 13.7. The van der Waals surface area contributed by atoms with Gasteiger partial charge in [-0.1, -0.05) is 12.1 Å². The van der Waals surface area contributed by atoms with E-state index in [9.17, 15) is 14.4 Å². The predicted octanol–water partition coefficient (Wildman–Crippen LogP) is 0.498. The number of amides is 3. The summed E-state index contributed by atoms with van der Waals surface area (Å²) in [7, 11) is 0. The Morgan fingerprint density at radius 3 is 2.46 bits per heavy atom. The lowest BCUT2D eigenvalue weighted by Gasteiger charge is -2.33. The van der Waals surface area contributed by atoms with Crippen LogP contribution in [0.2, 0.25) is 0 Å². The Morgan fingerprint density at radius 2 is 1.83 bits per heavy atom. The Balaban J connectivity index is 1.84. The van der Waals surface area contributed by atoms with Crippen LogP contribution in [0.15, 0.2) is 24.3 Å². The Kier molecular flexibility index (Phi) is 6.14. The number of anilines is 1. The summed E-state index contributed by atoms with van der Waals surface area (Å²) in [6.07, 6.45) is -0.322. The standard InChI is InChI=1S/C16H22N4O4/c1-2-24-16(23)20-9-7-19(8-10-20)11-14(21)18-13-6-4-3-5-12(13)15(17)22/h3-6H,2,7-11H2,1H3,(H2,17,22)(H,18,21). The maximum Gasteiger partial charge on any atom is 0.409 e. The normalized spacial score (nSPS) is 15.0. The second-order valence-electron chi connectivity index (χ2n) is 5.42. The molecule has 2 rings (SSSR count). The first-order valence-corrected chi connectivity index (χ1v) is 7.84. The highest BCUT2D eigenvalue weighted by Gasteiger charge is 2.23. The number of carbonyl (C=O) groups excluding carboxylic acids is 3. The van der Waals surface area contributed by atoms with Gasteiger partial charge in [-0.3, -0.25) is 14.5 Å². The molecule has 130 valence electrons. The molecule has 1 fully saturated rings. The highest BCUT2D eigenvalue weighted by atomic mass is 16.6. The number of hydrogen-bond acceptors (Lipinski definition) is 5. The molecule has 1 aliphatic heterocycles. The fourth-order valence-corrected chi connectivity index (χ4v) is 2.50. The molecule has 1 aliphatic rings. The predicted molar refractivity (Wildman–Crippen MR) is 88.6 cm³/mol. The molecule has 3 N–H and O–H groups in total. The quantitative estimate of drug-likeness (QED) is 0.816. The summed E-state index contributed by atoms with van der Waals surface area (Å²) in [5.74, 6) is -0.817. The highest BCUT2D eigenvalue weighted by molar-refractivity contribution is 6.03. The zero-order valence-corrected chi connectivity index (χ0v) is 13.7. The fourth-order valence-electron chi connectivity index (χ4n) is 2.50. The van der Waals surface area contributed by atoms with Crippen molar-refractivity contribution < 1.29 is 19.1 Å². The molecule has 8 heteroatoms.